The van der Waals surface area contributed by atoms with Crippen LogP contribution in [0.4, 0.5) is 13.2 Å². The van der Waals surface area contributed by atoms with Gasteiger partial charge in [-0.25, -0.2) is 4.79 Å². The fourth-order valence-corrected chi connectivity index (χ4v) is 4.35. The molecule has 1 aromatic heterocycles. The third-order valence-electron chi connectivity index (χ3n) is 4.99. The van der Waals surface area contributed by atoms with Gasteiger partial charge in [0.15, 0.2) is 0 Å². The van der Waals surface area contributed by atoms with Crippen LogP contribution in [0.25, 0.3) is 0 Å². The number of carbonyl (C=O) groups is 1. The first-order valence-electron chi connectivity index (χ1n) is 9.11. The van der Waals surface area contributed by atoms with Crippen molar-refractivity contribution in [2.75, 3.05) is 20.2 Å². The molecular weight excluding hydrogens is 413 g/mol. The third-order valence-corrected chi connectivity index (χ3v) is 6.56. The molecule has 2 aliphatic heterocycles. The van der Waals surface area contributed by atoms with Crippen LogP contribution in [-0.2, 0) is 22.7 Å². The zero-order valence-corrected chi connectivity index (χ0v) is 17.6. The smallest absolute Gasteiger partial charge is 0.490 e. The van der Waals surface area contributed by atoms with Gasteiger partial charge in [0, 0.05) is 29.4 Å². The molecule has 0 aromatic carbocycles. The van der Waals surface area contributed by atoms with Gasteiger partial charge in [-0.05, 0) is 46.7 Å². The van der Waals surface area contributed by atoms with E-state index in [1.54, 1.807) is 7.11 Å². The van der Waals surface area contributed by atoms with Crippen molar-refractivity contribution in [3.63, 3.8) is 0 Å². The molecule has 1 unspecified atom stereocenters. The van der Waals surface area contributed by atoms with E-state index in [9.17, 15) is 17.7 Å². The number of carboxylic acid groups (broad SMARTS) is 1. The minimum Gasteiger partial charge on any atom is -0.598 e. The van der Waals surface area contributed by atoms with Crippen molar-refractivity contribution in [2.45, 2.75) is 57.1 Å². The third kappa shape index (κ3) is 5.56. The highest BCUT2D eigenvalue weighted by Gasteiger charge is 2.51. The van der Waals surface area contributed by atoms with Crippen molar-refractivity contribution in [3.05, 3.63) is 11.8 Å². The van der Waals surface area contributed by atoms with Crippen LogP contribution in [0.1, 0.15) is 45.3 Å². The Kier molecular flexibility index (Phi) is 7.13. The molecule has 0 bridgehead atoms. The lowest BCUT2D eigenvalue weighted by molar-refractivity contribution is -0.192. The summed E-state index contributed by atoms with van der Waals surface area (Å²) in [6.45, 7) is 8.87. The molecule has 0 saturated carbocycles. The summed E-state index contributed by atoms with van der Waals surface area (Å²) in [6.07, 6.45) is -2.95. The number of piperidine rings is 1. The Hall–Kier alpha value is -1.50. The summed E-state index contributed by atoms with van der Waals surface area (Å²) in [5.74, 6) is -2.13. The SMILES string of the molecule is COc1cc2n(n1)CC1(CCNCC1)[C@@H]2N[S+]([O-])C(C)(C)C.O=C(O)C(F)(F)F. The summed E-state index contributed by atoms with van der Waals surface area (Å²) >= 11 is -1.11. The molecule has 0 amide bonds. The summed E-state index contributed by atoms with van der Waals surface area (Å²) in [7, 11) is 1.63. The second-order valence-corrected chi connectivity index (χ2v) is 10.1. The molecule has 8 nitrogen and oxygen atoms in total. The molecule has 3 rings (SSSR count). The lowest BCUT2D eigenvalue weighted by atomic mass is 9.74. The first kappa shape index (κ1) is 23.8. The van der Waals surface area contributed by atoms with E-state index in [1.807, 2.05) is 31.5 Å². The molecule has 2 aliphatic rings. The molecule has 1 spiro atoms. The van der Waals surface area contributed by atoms with Crippen molar-refractivity contribution in [3.8, 4) is 5.88 Å². The average molecular weight is 440 g/mol. The second-order valence-electron chi connectivity index (χ2n) is 8.12. The lowest BCUT2D eigenvalue weighted by Gasteiger charge is -2.39. The van der Waals surface area contributed by atoms with Crippen LogP contribution >= 0.6 is 0 Å². The summed E-state index contributed by atoms with van der Waals surface area (Å²) in [4.78, 5) is 8.90. The van der Waals surface area contributed by atoms with Gasteiger partial charge in [-0.3, -0.25) is 4.68 Å². The number of methoxy groups -OCH3 is 1. The van der Waals surface area contributed by atoms with Crippen molar-refractivity contribution in [1.82, 2.24) is 19.8 Å². The number of hydrogen-bond acceptors (Lipinski definition) is 6. The Morgan fingerprint density at radius 1 is 1.41 bits per heavy atom. The number of carboxylic acids is 1. The zero-order valence-electron chi connectivity index (χ0n) is 16.8. The van der Waals surface area contributed by atoms with Gasteiger partial charge in [0.2, 0.25) is 5.88 Å². The van der Waals surface area contributed by atoms with Gasteiger partial charge in [-0.1, -0.05) is 0 Å². The standard InChI is InChI=1S/C15H26N4O2S.C2HF3O2/c1-14(2,3)22(20)18-13-11-9-12(21-4)17-19(11)10-15(13)5-7-16-8-6-15;3-2(4,5)1(6)7/h9,13,16,18H,5-8,10H2,1-4H3;(H,6,7)/t13-,22?;/m1./s1. The fourth-order valence-electron chi connectivity index (χ4n) is 3.41. The predicted molar refractivity (Wildman–Crippen MR) is 101 cm³/mol. The first-order valence-corrected chi connectivity index (χ1v) is 10.3. The number of halogens is 3. The number of fused-ring (bicyclic) bond motifs is 1. The number of aliphatic carboxylic acids is 1. The van der Waals surface area contributed by atoms with Gasteiger partial charge in [0.1, 0.15) is 10.8 Å². The van der Waals surface area contributed by atoms with Gasteiger partial charge in [-0.2, -0.15) is 13.2 Å². The maximum absolute atomic E-state index is 12.7. The minimum atomic E-state index is -5.08. The lowest BCUT2D eigenvalue weighted by Crippen LogP contribution is -2.49. The summed E-state index contributed by atoms with van der Waals surface area (Å²) < 4.78 is 54.8. The number of nitrogens with one attached hydrogen (secondary N) is 2. The Labute approximate surface area is 170 Å². The van der Waals surface area contributed by atoms with E-state index < -0.39 is 23.5 Å². The average Bonchev–Trinajstić information content (AvgIpc) is 3.11. The molecule has 1 fully saturated rings. The highest BCUT2D eigenvalue weighted by atomic mass is 32.2. The Morgan fingerprint density at radius 2 is 1.97 bits per heavy atom. The molecular formula is C17H27F3N4O4S. The van der Waals surface area contributed by atoms with E-state index in [4.69, 9.17) is 14.6 Å². The topological polar surface area (TPSA) is 111 Å². The molecule has 0 radical (unpaired) electrons. The molecule has 2 atom stereocenters. The van der Waals surface area contributed by atoms with Gasteiger partial charge >= 0.3 is 12.1 Å². The first-order chi connectivity index (χ1) is 13.3. The van der Waals surface area contributed by atoms with E-state index in [0.29, 0.717) is 5.88 Å². The van der Waals surface area contributed by atoms with Crippen LogP contribution in [0.2, 0.25) is 0 Å². The highest BCUT2D eigenvalue weighted by molar-refractivity contribution is 7.90. The molecule has 29 heavy (non-hydrogen) atoms. The summed E-state index contributed by atoms with van der Waals surface area (Å²) in [6, 6.07) is 2.04. The summed E-state index contributed by atoms with van der Waals surface area (Å²) in [5.41, 5.74) is 1.19. The van der Waals surface area contributed by atoms with Crippen molar-refractivity contribution in [2.24, 2.45) is 5.41 Å². The fraction of sp³-hybridized carbons (Fsp3) is 0.765. The zero-order chi connectivity index (χ0) is 22.0. The van der Waals surface area contributed by atoms with Gasteiger partial charge in [0.05, 0.1) is 12.8 Å². The Balaban J connectivity index is 0.000000370. The number of nitrogens with zero attached hydrogens (tertiary/aromatic N) is 2. The van der Waals surface area contributed by atoms with Crippen LogP contribution in [0, 0.1) is 5.41 Å². The van der Waals surface area contributed by atoms with Crippen LogP contribution < -0.4 is 14.8 Å². The van der Waals surface area contributed by atoms with Gasteiger partial charge < -0.3 is 19.7 Å². The Morgan fingerprint density at radius 3 is 2.41 bits per heavy atom. The quantitative estimate of drug-likeness (QED) is 0.617. The Bertz CT molecular complexity index is 715. The molecule has 1 saturated heterocycles. The maximum atomic E-state index is 12.7. The van der Waals surface area contributed by atoms with E-state index in [1.165, 1.54) is 0 Å². The van der Waals surface area contributed by atoms with E-state index in [0.717, 1.165) is 38.2 Å². The van der Waals surface area contributed by atoms with Crippen molar-refractivity contribution >= 4 is 17.3 Å². The van der Waals surface area contributed by atoms with Crippen LogP contribution in [0.15, 0.2) is 6.07 Å². The van der Waals surface area contributed by atoms with Gasteiger partial charge in [0.25, 0.3) is 0 Å². The van der Waals surface area contributed by atoms with E-state index in [2.05, 4.69) is 15.1 Å². The van der Waals surface area contributed by atoms with Gasteiger partial charge in [-0.15, -0.1) is 9.82 Å². The largest absolute Gasteiger partial charge is 0.598 e. The molecule has 166 valence electrons. The van der Waals surface area contributed by atoms with Crippen molar-refractivity contribution < 1.29 is 32.4 Å². The predicted octanol–water partition coefficient (Wildman–Crippen LogP) is 2.00. The number of ether oxygens (including phenoxy) is 1. The molecule has 1 aromatic rings. The van der Waals surface area contributed by atoms with E-state index in [-0.39, 0.29) is 16.2 Å². The monoisotopic (exact) mass is 440 g/mol. The summed E-state index contributed by atoms with van der Waals surface area (Å²) in [5, 5.41) is 15.1. The minimum absolute atomic E-state index is 0.0612. The van der Waals surface area contributed by atoms with Crippen LogP contribution in [0.3, 0.4) is 0 Å². The molecule has 12 heteroatoms. The van der Waals surface area contributed by atoms with E-state index >= 15 is 0 Å². The number of alkyl halides is 3. The second kappa shape index (κ2) is 8.70. The van der Waals surface area contributed by atoms with Crippen LogP contribution in [0.5, 0.6) is 5.88 Å². The normalized spacial score (nSPS) is 21.9. The molecule has 3 N–H and O–H groups in total. The number of aromatic nitrogens is 2. The van der Waals surface area contributed by atoms with Crippen LogP contribution in [-0.4, -0.2) is 56.5 Å². The van der Waals surface area contributed by atoms with Crippen molar-refractivity contribution in [1.29, 1.82) is 0 Å². The number of hydrogen-bond donors (Lipinski definition) is 3. The maximum Gasteiger partial charge on any atom is 0.490 e. The molecule has 3 heterocycles. The highest BCUT2D eigenvalue weighted by Crippen LogP contribution is 2.49. The number of rotatable bonds is 3. The molecule has 0 aliphatic carbocycles.